The number of carbonyl (C=O) groups excluding carboxylic acids is 1. The van der Waals surface area contributed by atoms with Crippen molar-refractivity contribution < 1.29 is 14.1 Å². The van der Waals surface area contributed by atoms with Crippen LogP contribution in [0.4, 0.5) is 5.69 Å². The normalized spacial score (nSPS) is 13.4. The highest BCUT2D eigenvalue weighted by Gasteiger charge is 2.27. The zero-order chi connectivity index (χ0) is 20.7. The van der Waals surface area contributed by atoms with Gasteiger partial charge in [0, 0.05) is 5.02 Å². The van der Waals surface area contributed by atoms with Crippen molar-refractivity contribution in [1.82, 2.24) is 19.7 Å². The van der Waals surface area contributed by atoms with E-state index in [1.54, 1.807) is 36.4 Å². The fourth-order valence-electron chi connectivity index (χ4n) is 3.27. The lowest BCUT2D eigenvalue weighted by Crippen LogP contribution is -2.38. The second-order valence-corrected chi connectivity index (χ2v) is 7.12. The third kappa shape index (κ3) is 3.29. The number of anilines is 1. The highest BCUT2D eigenvalue weighted by atomic mass is 35.5. The molecule has 0 radical (unpaired) electrons. The van der Waals surface area contributed by atoms with E-state index in [0.29, 0.717) is 33.2 Å². The van der Waals surface area contributed by atoms with E-state index in [1.165, 1.54) is 15.8 Å². The SMILES string of the molecule is O=C1COc2ccc(Cl)cc2N1Cc1nc(Cn2cnc3ccccc3c2=O)no1. The molecule has 0 unspecified atom stereocenters. The van der Waals surface area contributed by atoms with Gasteiger partial charge in [-0.25, -0.2) is 4.98 Å². The van der Waals surface area contributed by atoms with Crippen LogP contribution in [0.25, 0.3) is 10.9 Å². The van der Waals surface area contributed by atoms with Crippen molar-refractivity contribution in [3.05, 3.63) is 75.9 Å². The number of aromatic nitrogens is 4. The van der Waals surface area contributed by atoms with Crippen LogP contribution in [0.5, 0.6) is 5.75 Å². The van der Waals surface area contributed by atoms with Gasteiger partial charge in [-0.15, -0.1) is 0 Å². The van der Waals surface area contributed by atoms with Crippen LogP contribution in [0, 0.1) is 0 Å². The van der Waals surface area contributed by atoms with Gasteiger partial charge in [0.2, 0.25) is 5.89 Å². The number of benzene rings is 2. The second kappa shape index (κ2) is 7.27. The summed E-state index contributed by atoms with van der Waals surface area (Å²) in [4.78, 5) is 35.1. The number of halogens is 1. The Hall–Kier alpha value is -3.72. The van der Waals surface area contributed by atoms with Gasteiger partial charge in [-0.3, -0.25) is 19.1 Å². The summed E-state index contributed by atoms with van der Waals surface area (Å²) in [6.45, 7) is 0.0703. The van der Waals surface area contributed by atoms with E-state index in [1.807, 2.05) is 6.07 Å². The first-order valence-corrected chi connectivity index (χ1v) is 9.44. The van der Waals surface area contributed by atoms with Gasteiger partial charge in [0.05, 0.1) is 29.5 Å². The van der Waals surface area contributed by atoms with Crippen LogP contribution in [0.15, 0.2) is 58.1 Å². The fraction of sp³-hybridized carbons (Fsp3) is 0.150. The van der Waals surface area contributed by atoms with E-state index >= 15 is 0 Å². The van der Waals surface area contributed by atoms with Crippen LogP contribution in [0.2, 0.25) is 5.02 Å². The van der Waals surface area contributed by atoms with E-state index in [0.717, 1.165) is 0 Å². The maximum absolute atomic E-state index is 12.6. The zero-order valence-electron chi connectivity index (χ0n) is 15.5. The van der Waals surface area contributed by atoms with Gasteiger partial charge in [0.25, 0.3) is 11.5 Å². The van der Waals surface area contributed by atoms with Gasteiger partial charge in [-0.2, -0.15) is 4.98 Å². The number of nitrogens with zero attached hydrogens (tertiary/aromatic N) is 5. The molecular weight excluding hydrogens is 410 g/mol. The maximum atomic E-state index is 12.6. The van der Waals surface area contributed by atoms with E-state index in [4.69, 9.17) is 20.9 Å². The lowest BCUT2D eigenvalue weighted by molar-refractivity contribution is -0.121. The number of hydrogen-bond acceptors (Lipinski definition) is 7. The molecule has 0 saturated heterocycles. The molecule has 150 valence electrons. The summed E-state index contributed by atoms with van der Waals surface area (Å²) in [5.41, 5.74) is 0.961. The molecule has 0 N–H and O–H groups in total. The maximum Gasteiger partial charge on any atom is 0.265 e. The van der Waals surface area contributed by atoms with E-state index in [-0.39, 0.29) is 37.1 Å². The number of hydrogen-bond donors (Lipinski definition) is 0. The van der Waals surface area contributed by atoms with Gasteiger partial charge >= 0.3 is 0 Å². The Labute approximate surface area is 174 Å². The molecule has 0 saturated carbocycles. The molecule has 3 heterocycles. The molecule has 4 aromatic rings. The van der Waals surface area contributed by atoms with Crippen LogP contribution in [-0.4, -0.2) is 32.2 Å². The topological polar surface area (TPSA) is 103 Å². The van der Waals surface area contributed by atoms with Gasteiger partial charge in [-0.1, -0.05) is 28.9 Å². The van der Waals surface area contributed by atoms with Crippen molar-refractivity contribution >= 4 is 34.1 Å². The Bertz CT molecular complexity index is 1330. The number of carbonyl (C=O) groups is 1. The second-order valence-electron chi connectivity index (χ2n) is 6.68. The zero-order valence-corrected chi connectivity index (χ0v) is 16.2. The molecule has 30 heavy (non-hydrogen) atoms. The van der Waals surface area contributed by atoms with Crippen LogP contribution < -0.4 is 15.2 Å². The smallest absolute Gasteiger partial charge is 0.265 e. The minimum absolute atomic E-state index is 0.0629. The Morgan fingerprint density at radius 2 is 1.97 bits per heavy atom. The molecule has 5 rings (SSSR count). The van der Waals surface area contributed by atoms with Crippen LogP contribution in [-0.2, 0) is 17.9 Å². The lowest BCUT2D eigenvalue weighted by atomic mass is 10.2. The Balaban J connectivity index is 1.39. The number of rotatable bonds is 4. The van der Waals surface area contributed by atoms with Gasteiger partial charge in [0.15, 0.2) is 12.4 Å². The average molecular weight is 424 g/mol. The molecule has 1 aliphatic heterocycles. The molecule has 2 aromatic carbocycles. The predicted molar refractivity (Wildman–Crippen MR) is 108 cm³/mol. The van der Waals surface area contributed by atoms with E-state index in [2.05, 4.69) is 15.1 Å². The van der Waals surface area contributed by atoms with Crippen molar-refractivity contribution in [3.8, 4) is 5.75 Å². The molecule has 0 fully saturated rings. The summed E-state index contributed by atoms with van der Waals surface area (Å²) >= 11 is 6.06. The van der Waals surface area contributed by atoms with E-state index in [9.17, 15) is 9.59 Å². The van der Waals surface area contributed by atoms with Crippen molar-refractivity contribution in [2.75, 3.05) is 11.5 Å². The highest BCUT2D eigenvalue weighted by molar-refractivity contribution is 6.31. The molecule has 0 aliphatic carbocycles. The average Bonchev–Trinajstić information content (AvgIpc) is 3.19. The summed E-state index contributed by atoms with van der Waals surface area (Å²) < 4.78 is 12.1. The first-order chi connectivity index (χ1) is 14.6. The number of fused-ring (bicyclic) bond motifs is 2. The molecule has 10 heteroatoms. The number of para-hydroxylation sites is 1. The van der Waals surface area contributed by atoms with Gasteiger partial charge in [-0.05, 0) is 30.3 Å². The van der Waals surface area contributed by atoms with Crippen molar-refractivity contribution in [2.45, 2.75) is 13.1 Å². The Kier molecular flexibility index (Phi) is 4.44. The molecule has 1 aliphatic rings. The minimum Gasteiger partial charge on any atom is -0.482 e. The van der Waals surface area contributed by atoms with Crippen LogP contribution in [0.3, 0.4) is 0 Å². The first kappa shape index (κ1) is 18.3. The molecule has 9 nitrogen and oxygen atoms in total. The van der Waals surface area contributed by atoms with Gasteiger partial charge < -0.3 is 9.26 Å². The Morgan fingerprint density at radius 1 is 1.10 bits per heavy atom. The Morgan fingerprint density at radius 3 is 2.87 bits per heavy atom. The molecule has 1 amide bonds. The summed E-state index contributed by atoms with van der Waals surface area (Å²) in [6, 6.07) is 12.1. The molecule has 0 spiro atoms. The first-order valence-electron chi connectivity index (χ1n) is 9.07. The predicted octanol–water partition coefficient (Wildman–Crippen LogP) is 2.41. The summed E-state index contributed by atoms with van der Waals surface area (Å²) in [5, 5.41) is 4.92. The largest absolute Gasteiger partial charge is 0.482 e. The summed E-state index contributed by atoms with van der Waals surface area (Å²) in [5.74, 6) is 0.830. The van der Waals surface area contributed by atoms with E-state index < -0.39 is 0 Å². The monoisotopic (exact) mass is 423 g/mol. The van der Waals surface area contributed by atoms with Crippen LogP contribution >= 0.6 is 11.6 Å². The molecule has 0 bridgehead atoms. The molecular formula is C20H14ClN5O4. The number of ether oxygens (including phenoxy) is 1. The lowest BCUT2D eigenvalue weighted by Gasteiger charge is -2.28. The van der Waals surface area contributed by atoms with Crippen LogP contribution in [0.1, 0.15) is 11.7 Å². The quantitative estimate of drug-likeness (QED) is 0.496. The third-order valence-electron chi connectivity index (χ3n) is 4.71. The highest BCUT2D eigenvalue weighted by Crippen LogP contribution is 2.35. The molecule has 0 atom stereocenters. The summed E-state index contributed by atoms with van der Waals surface area (Å²) in [6.07, 6.45) is 1.45. The third-order valence-corrected chi connectivity index (χ3v) is 4.95. The van der Waals surface area contributed by atoms with Crippen molar-refractivity contribution in [1.29, 1.82) is 0 Å². The number of amides is 1. The fourth-order valence-corrected chi connectivity index (χ4v) is 3.44. The summed E-state index contributed by atoms with van der Waals surface area (Å²) in [7, 11) is 0. The van der Waals surface area contributed by atoms with Crippen molar-refractivity contribution in [3.63, 3.8) is 0 Å². The minimum atomic E-state index is -0.250. The molecule has 2 aromatic heterocycles. The van der Waals surface area contributed by atoms with Gasteiger partial charge in [0.1, 0.15) is 12.3 Å². The van der Waals surface area contributed by atoms with Crippen molar-refractivity contribution in [2.24, 2.45) is 0 Å². The standard InChI is InChI=1S/C20H14ClN5O4/c21-12-5-6-16-15(7-12)26(19(27)10-29-16)9-18-23-17(24-30-18)8-25-11-22-14-4-2-1-3-13(14)20(25)28/h1-7,11H,8-10H2.